The van der Waals surface area contributed by atoms with Gasteiger partial charge < -0.3 is 0 Å². The number of hydrogen-bond acceptors (Lipinski definition) is 1. The summed E-state index contributed by atoms with van der Waals surface area (Å²) in [7, 11) is 1.74. The van der Waals surface area contributed by atoms with Gasteiger partial charge in [0.05, 0.1) is 11.1 Å². The number of fused-ring (bicyclic) bond motifs is 1. The van der Waals surface area contributed by atoms with Gasteiger partial charge >= 0.3 is 6.18 Å². The van der Waals surface area contributed by atoms with Crippen LogP contribution in [0.5, 0.6) is 0 Å². The van der Waals surface area contributed by atoms with E-state index >= 15 is 0 Å². The molecule has 0 unspecified atom stereocenters. The van der Waals surface area contributed by atoms with Crippen LogP contribution in [0.1, 0.15) is 18.2 Å². The van der Waals surface area contributed by atoms with E-state index in [-0.39, 0.29) is 0 Å². The van der Waals surface area contributed by atoms with E-state index in [2.05, 4.69) is 5.10 Å². The molecule has 0 N–H and O–H groups in total. The second-order valence-electron chi connectivity index (χ2n) is 3.65. The Bertz CT molecular complexity index is 526. The second-order valence-corrected chi connectivity index (χ2v) is 3.65. The van der Waals surface area contributed by atoms with Crippen molar-refractivity contribution in [3.8, 4) is 0 Å². The highest BCUT2D eigenvalue weighted by Gasteiger charge is 2.30. The van der Waals surface area contributed by atoms with Crippen LogP contribution in [0.4, 0.5) is 13.2 Å². The lowest BCUT2D eigenvalue weighted by Gasteiger charge is -2.05. The van der Waals surface area contributed by atoms with Crippen molar-refractivity contribution in [1.29, 1.82) is 0 Å². The lowest BCUT2D eigenvalue weighted by molar-refractivity contribution is -0.137. The summed E-state index contributed by atoms with van der Waals surface area (Å²) in [5, 5.41) is 4.86. The quantitative estimate of drug-likeness (QED) is 0.733. The van der Waals surface area contributed by atoms with Crippen LogP contribution in [0, 0.1) is 0 Å². The smallest absolute Gasteiger partial charge is 0.271 e. The summed E-state index contributed by atoms with van der Waals surface area (Å²) in [4.78, 5) is 0. The number of hydrogen-bond donors (Lipinski definition) is 0. The van der Waals surface area contributed by atoms with E-state index in [0.29, 0.717) is 5.52 Å². The third-order valence-electron chi connectivity index (χ3n) is 2.62. The maximum absolute atomic E-state index is 12.5. The van der Waals surface area contributed by atoms with E-state index in [0.717, 1.165) is 29.6 Å². The minimum absolute atomic E-state index is 0.397. The Hall–Kier alpha value is -1.52. The number of rotatable bonds is 1. The Kier molecular flexibility index (Phi) is 2.40. The monoisotopic (exact) mass is 228 g/mol. The zero-order valence-corrected chi connectivity index (χ0v) is 8.97. The van der Waals surface area contributed by atoms with E-state index in [9.17, 15) is 13.2 Å². The maximum atomic E-state index is 12.5. The first-order chi connectivity index (χ1) is 7.43. The van der Waals surface area contributed by atoms with Crippen molar-refractivity contribution < 1.29 is 13.2 Å². The zero-order chi connectivity index (χ0) is 11.9. The van der Waals surface area contributed by atoms with Crippen LogP contribution in [0.2, 0.25) is 0 Å². The van der Waals surface area contributed by atoms with Crippen molar-refractivity contribution in [2.75, 3.05) is 0 Å². The molecule has 0 bridgehead atoms. The number of halogens is 3. The minimum atomic E-state index is -4.31. The first-order valence-electron chi connectivity index (χ1n) is 4.96. The topological polar surface area (TPSA) is 17.8 Å². The number of benzene rings is 1. The summed E-state index contributed by atoms with van der Waals surface area (Å²) >= 11 is 0. The van der Waals surface area contributed by atoms with Crippen molar-refractivity contribution in [2.24, 2.45) is 7.05 Å². The third kappa shape index (κ3) is 1.66. The molecule has 0 aliphatic heterocycles. The fourth-order valence-electron chi connectivity index (χ4n) is 1.85. The van der Waals surface area contributed by atoms with Gasteiger partial charge in [-0.3, -0.25) is 4.68 Å². The van der Waals surface area contributed by atoms with Crippen molar-refractivity contribution in [1.82, 2.24) is 9.78 Å². The first-order valence-corrected chi connectivity index (χ1v) is 4.96. The summed E-state index contributed by atoms with van der Waals surface area (Å²) in [5.41, 5.74) is 0.693. The van der Waals surface area contributed by atoms with Gasteiger partial charge in [0.25, 0.3) is 0 Å². The fourth-order valence-corrected chi connectivity index (χ4v) is 1.85. The second kappa shape index (κ2) is 3.50. The molecule has 5 heteroatoms. The van der Waals surface area contributed by atoms with Crippen LogP contribution in [0.25, 0.3) is 10.9 Å². The van der Waals surface area contributed by atoms with Gasteiger partial charge in [-0.25, -0.2) is 0 Å². The van der Waals surface area contributed by atoms with Gasteiger partial charge in [0.1, 0.15) is 0 Å². The zero-order valence-electron chi connectivity index (χ0n) is 8.97. The van der Waals surface area contributed by atoms with Crippen LogP contribution in [-0.2, 0) is 19.6 Å². The molecular formula is C11H11F3N2. The number of alkyl halides is 3. The summed E-state index contributed by atoms with van der Waals surface area (Å²) in [6.45, 7) is 1.95. The van der Waals surface area contributed by atoms with Crippen LogP contribution in [0.3, 0.4) is 0 Å². The van der Waals surface area contributed by atoms with E-state index in [4.69, 9.17) is 0 Å². The van der Waals surface area contributed by atoms with Gasteiger partial charge in [-0.05, 0) is 18.6 Å². The number of nitrogens with zero attached hydrogens (tertiary/aromatic N) is 2. The first kappa shape index (κ1) is 11.0. The normalized spacial score (nSPS) is 12.3. The molecule has 1 aromatic carbocycles. The van der Waals surface area contributed by atoms with Crippen LogP contribution < -0.4 is 0 Å². The molecule has 16 heavy (non-hydrogen) atoms. The Morgan fingerprint density at radius 1 is 1.31 bits per heavy atom. The highest BCUT2D eigenvalue weighted by molar-refractivity contribution is 5.82. The molecule has 1 aromatic heterocycles. The molecule has 0 atom stereocenters. The van der Waals surface area contributed by atoms with Crippen LogP contribution in [-0.4, -0.2) is 9.78 Å². The molecule has 0 spiro atoms. The van der Waals surface area contributed by atoms with Crippen molar-refractivity contribution in [2.45, 2.75) is 19.5 Å². The molecule has 1 heterocycles. The standard InChI is InChI=1S/C11H11F3N2/c1-3-10-8-5-4-7(11(12,13)14)6-9(8)15-16(10)2/h4-6H,3H2,1-2H3. The SMILES string of the molecule is CCc1c2ccc(C(F)(F)F)cc2nn1C. The van der Waals surface area contributed by atoms with E-state index in [1.807, 2.05) is 6.92 Å². The summed E-state index contributed by atoms with van der Waals surface area (Å²) in [6, 6.07) is 3.68. The van der Waals surface area contributed by atoms with Crippen molar-refractivity contribution in [3.05, 3.63) is 29.5 Å². The molecule has 2 rings (SSSR count). The summed E-state index contributed by atoms with van der Waals surface area (Å²) < 4.78 is 39.0. The molecule has 0 aliphatic carbocycles. The van der Waals surface area contributed by atoms with Gasteiger partial charge in [-0.2, -0.15) is 18.3 Å². The Balaban J connectivity index is 2.65. The number of aryl methyl sites for hydroxylation is 2. The third-order valence-corrected chi connectivity index (χ3v) is 2.62. The lowest BCUT2D eigenvalue weighted by atomic mass is 10.1. The molecule has 0 saturated carbocycles. The Morgan fingerprint density at radius 3 is 2.56 bits per heavy atom. The van der Waals surface area contributed by atoms with E-state index < -0.39 is 11.7 Å². The van der Waals surface area contributed by atoms with Gasteiger partial charge in [0, 0.05) is 18.1 Å². The van der Waals surface area contributed by atoms with Gasteiger partial charge in [-0.15, -0.1) is 0 Å². The maximum Gasteiger partial charge on any atom is 0.416 e. The van der Waals surface area contributed by atoms with Gasteiger partial charge in [0.15, 0.2) is 0 Å². The summed E-state index contributed by atoms with van der Waals surface area (Å²) in [5.74, 6) is 0. The van der Waals surface area contributed by atoms with Crippen LogP contribution in [0.15, 0.2) is 18.2 Å². The van der Waals surface area contributed by atoms with Crippen molar-refractivity contribution >= 4 is 10.9 Å². The lowest BCUT2D eigenvalue weighted by Crippen LogP contribution is -2.04. The highest BCUT2D eigenvalue weighted by Crippen LogP contribution is 2.31. The molecule has 0 radical (unpaired) electrons. The minimum Gasteiger partial charge on any atom is -0.271 e. The molecule has 2 aromatic rings. The fraction of sp³-hybridized carbons (Fsp3) is 0.364. The molecular weight excluding hydrogens is 217 g/mol. The predicted octanol–water partition coefficient (Wildman–Crippen LogP) is 3.15. The Morgan fingerprint density at radius 2 is 2.00 bits per heavy atom. The van der Waals surface area contributed by atoms with Crippen molar-refractivity contribution in [3.63, 3.8) is 0 Å². The van der Waals surface area contributed by atoms with Crippen LogP contribution >= 0.6 is 0 Å². The molecule has 0 amide bonds. The largest absolute Gasteiger partial charge is 0.416 e. The number of aromatic nitrogens is 2. The highest BCUT2D eigenvalue weighted by atomic mass is 19.4. The predicted molar refractivity (Wildman–Crippen MR) is 55.1 cm³/mol. The molecule has 0 aliphatic rings. The molecule has 86 valence electrons. The average molecular weight is 228 g/mol. The Labute approximate surface area is 90.7 Å². The molecule has 2 nitrogen and oxygen atoms in total. The van der Waals surface area contributed by atoms with Gasteiger partial charge in [-0.1, -0.05) is 13.0 Å². The molecule has 0 fully saturated rings. The van der Waals surface area contributed by atoms with E-state index in [1.54, 1.807) is 11.7 Å². The molecule has 0 saturated heterocycles. The summed E-state index contributed by atoms with van der Waals surface area (Å²) in [6.07, 6.45) is -3.56. The van der Waals surface area contributed by atoms with Gasteiger partial charge in [0.2, 0.25) is 0 Å². The van der Waals surface area contributed by atoms with E-state index in [1.165, 1.54) is 6.07 Å². The average Bonchev–Trinajstić information content (AvgIpc) is 2.50.